The van der Waals surface area contributed by atoms with E-state index in [1.807, 2.05) is 50.2 Å². The second-order valence-corrected chi connectivity index (χ2v) is 5.91. The SMILES string of the molecule is CCCN(Cc1ccccc1)C(=O)CNC(=O)c1ccccc1OCC. The van der Waals surface area contributed by atoms with Crippen molar-refractivity contribution in [1.29, 1.82) is 0 Å². The minimum absolute atomic E-state index is 0.0356. The number of para-hydroxylation sites is 1. The lowest BCUT2D eigenvalue weighted by molar-refractivity contribution is -0.130. The van der Waals surface area contributed by atoms with Gasteiger partial charge in [-0.3, -0.25) is 9.59 Å². The fraction of sp³-hybridized carbons (Fsp3) is 0.333. The van der Waals surface area contributed by atoms with Gasteiger partial charge in [0.05, 0.1) is 18.7 Å². The number of rotatable bonds is 9. The van der Waals surface area contributed by atoms with Gasteiger partial charge < -0.3 is 15.0 Å². The van der Waals surface area contributed by atoms with Crippen molar-refractivity contribution in [3.63, 3.8) is 0 Å². The first-order valence-electron chi connectivity index (χ1n) is 8.97. The van der Waals surface area contributed by atoms with Crippen LogP contribution in [0.3, 0.4) is 0 Å². The molecular weight excluding hydrogens is 328 g/mol. The Morgan fingerprint density at radius 3 is 2.38 bits per heavy atom. The van der Waals surface area contributed by atoms with Crippen LogP contribution in [0.5, 0.6) is 5.75 Å². The normalized spacial score (nSPS) is 10.2. The molecule has 2 aromatic rings. The molecule has 2 amide bonds. The highest BCUT2D eigenvalue weighted by Crippen LogP contribution is 2.17. The van der Waals surface area contributed by atoms with Gasteiger partial charge >= 0.3 is 0 Å². The van der Waals surface area contributed by atoms with E-state index in [0.717, 1.165) is 12.0 Å². The number of hydrogen-bond acceptors (Lipinski definition) is 3. The Morgan fingerprint density at radius 2 is 1.69 bits per heavy atom. The second-order valence-electron chi connectivity index (χ2n) is 5.91. The minimum atomic E-state index is -0.307. The summed E-state index contributed by atoms with van der Waals surface area (Å²) in [5.41, 5.74) is 1.51. The second kappa shape index (κ2) is 10.2. The van der Waals surface area contributed by atoms with Crippen LogP contribution >= 0.6 is 0 Å². The number of hydrogen-bond donors (Lipinski definition) is 1. The van der Waals surface area contributed by atoms with Crippen molar-refractivity contribution in [3.05, 3.63) is 65.7 Å². The molecule has 0 fully saturated rings. The van der Waals surface area contributed by atoms with Gasteiger partial charge in [0.15, 0.2) is 0 Å². The highest BCUT2D eigenvalue weighted by molar-refractivity contribution is 5.98. The summed E-state index contributed by atoms with van der Waals surface area (Å²) < 4.78 is 5.47. The van der Waals surface area contributed by atoms with Crippen molar-refractivity contribution < 1.29 is 14.3 Å². The first-order chi connectivity index (χ1) is 12.7. The van der Waals surface area contributed by atoms with Crippen molar-refractivity contribution in [2.45, 2.75) is 26.8 Å². The van der Waals surface area contributed by atoms with E-state index in [2.05, 4.69) is 5.32 Å². The van der Waals surface area contributed by atoms with Crippen LogP contribution in [-0.2, 0) is 11.3 Å². The minimum Gasteiger partial charge on any atom is -0.493 e. The molecular formula is C21H26N2O3. The Balaban J connectivity index is 1.98. The number of carbonyl (C=O) groups excluding carboxylic acids is 2. The van der Waals surface area contributed by atoms with Crippen LogP contribution in [0.25, 0.3) is 0 Å². The van der Waals surface area contributed by atoms with E-state index < -0.39 is 0 Å². The summed E-state index contributed by atoms with van der Waals surface area (Å²) in [6, 6.07) is 16.9. The van der Waals surface area contributed by atoms with Crippen LogP contribution < -0.4 is 10.1 Å². The molecule has 0 spiro atoms. The summed E-state index contributed by atoms with van der Waals surface area (Å²) in [5.74, 6) is 0.117. The summed E-state index contributed by atoms with van der Waals surface area (Å²) in [7, 11) is 0. The van der Waals surface area contributed by atoms with Gasteiger partial charge in [-0.25, -0.2) is 0 Å². The molecule has 2 aromatic carbocycles. The molecule has 5 nitrogen and oxygen atoms in total. The number of benzene rings is 2. The monoisotopic (exact) mass is 354 g/mol. The molecule has 1 N–H and O–H groups in total. The van der Waals surface area contributed by atoms with E-state index in [-0.39, 0.29) is 18.4 Å². The Kier molecular flexibility index (Phi) is 7.68. The van der Waals surface area contributed by atoms with E-state index in [0.29, 0.717) is 31.0 Å². The molecule has 0 atom stereocenters. The molecule has 0 heterocycles. The first kappa shape index (κ1) is 19.5. The average molecular weight is 354 g/mol. The number of amides is 2. The molecule has 0 saturated carbocycles. The van der Waals surface area contributed by atoms with Crippen LogP contribution in [0.15, 0.2) is 54.6 Å². The Bertz CT molecular complexity index is 716. The van der Waals surface area contributed by atoms with Crippen molar-refractivity contribution in [3.8, 4) is 5.75 Å². The van der Waals surface area contributed by atoms with E-state index in [4.69, 9.17) is 4.74 Å². The third-order valence-corrected chi connectivity index (χ3v) is 3.89. The van der Waals surface area contributed by atoms with Gasteiger partial charge in [0.25, 0.3) is 5.91 Å². The van der Waals surface area contributed by atoms with Gasteiger partial charge in [0.1, 0.15) is 5.75 Å². The number of nitrogens with zero attached hydrogens (tertiary/aromatic N) is 1. The standard InChI is InChI=1S/C21H26N2O3/c1-3-14-23(16-17-10-6-5-7-11-17)20(24)15-22-21(25)18-12-8-9-13-19(18)26-4-2/h5-13H,3-4,14-16H2,1-2H3,(H,22,25). The molecule has 0 aliphatic heterocycles. The zero-order valence-corrected chi connectivity index (χ0v) is 15.4. The van der Waals surface area contributed by atoms with E-state index in [1.165, 1.54) is 0 Å². The first-order valence-corrected chi connectivity index (χ1v) is 8.97. The van der Waals surface area contributed by atoms with Crippen LogP contribution in [0, 0.1) is 0 Å². The summed E-state index contributed by atoms with van der Waals surface area (Å²) in [6.45, 7) is 5.53. The van der Waals surface area contributed by atoms with Gasteiger partial charge in [0.2, 0.25) is 5.91 Å². The summed E-state index contributed by atoms with van der Waals surface area (Å²) >= 11 is 0. The lowest BCUT2D eigenvalue weighted by Crippen LogP contribution is -2.40. The fourth-order valence-electron chi connectivity index (χ4n) is 2.66. The smallest absolute Gasteiger partial charge is 0.255 e. The van der Waals surface area contributed by atoms with Gasteiger partial charge in [0, 0.05) is 13.1 Å². The van der Waals surface area contributed by atoms with Gasteiger partial charge in [-0.15, -0.1) is 0 Å². The molecule has 0 radical (unpaired) electrons. The van der Waals surface area contributed by atoms with Crippen LogP contribution in [0.4, 0.5) is 0 Å². The van der Waals surface area contributed by atoms with Crippen molar-refractivity contribution in [1.82, 2.24) is 10.2 Å². The van der Waals surface area contributed by atoms with Crippen LogP contribution in [0.2, 0.25) is 0 Å². The maximum atomic E-state index is 12.6. The third kappa shape index (κ3) is 5.62. The fourth-order valence-corrected chi connectivity index (χ4v) is 2.66. The largest absolute Gasteiger partial charge is 0.493 e. The summed E-state index contributed by atoms with van der Waals surface area (Å²) in [4.78, 5) is 26.8. The Morgan fingerprint density at radius 1 is 1.00 bits per heavy atom. The van der Waals surface area contributed by atoms with Gasteiger partial charge in [-0.1, -0.05) is 49.4 Å². The maximum absolute atomic E-state index is 12.6. The molecule has 0 aliphatic carbocycles. The van der Waals surface area contributed by atoms with E-state index >= 15 is 0 Å². The maximum Gasteiger partial charge on any atom is 0.255 e. The molecule has 138 valence electrons. The highest BCUT2D eigenvalue weighted by Gasteiger charge is 2.16. The topological polar surface area (TPSA) is 58.6 Å². The van der Waals surface area contributed by atoms with Crippen LogP contribution in [0.1, 0.15) is 36.2 Å². The Labute approximate surface area is 155 Å². The predicted octanol–water partition coefficient (Wildman–Crippen LogP) is 3.25. The molecule has 0 bridgehead atoms. The summed E-state index contributed by atoms with van der Waals surface area (Å²) in [5, 5.41) is 2.71. The third-order valence-electron chi connectivity index (χ3n) is 3.89. The Hall–Kier alpha value is -2.82. The quantitative estimate of drug-likeness (QED) is 0.752. The van der Waals surface area contributed by atoms with E-state index in [1.54, 1.807) is 23.1 Å². The molecule has 0 aliphatic rings. The van der Waals surface area contributed by atoms with Crippen LogP contribution in [-0.4, -0.2) is 36.4 Å². The lowest BCUT2D eigenvalue weighted by Gasteiger charge is -2.22. The predicted molar refractivity (Wildman–Crippen MR) is 102 cm³/mol. The summed E-state index contributed by atoms with van der Waals surface area (Å²) in [6.07, 6.45) is 0.861. The highest BCUT2D eigenvalue weighted by atomic mass is 16.5. The van der Waals surface area contributed by atoms with Crippen molar-refractivity contribution in [2.24, 2.45) is 0 Å². The molecule has 0 saturated heterocycles. The number of carbonyl (C=O) groups is 2. The molecule has 0 unspecified atom stereocenters. The lowest BCUT2D eigenvalue weighted by atomic mass is 10.2. The molecule has 26 heavy (non-hydrogen) atoms. The van der Waals surface area contributed by atoms with Gasteiger partial charge in [-0.05, 0) is 31.0 Å². The van der Waals surface area contributed by atoms with Crippen molar-refractivity contribution in [2.75, 3.05) is 19.7 Å². The van der Waals surface area contributed by atoms with Crippen molar-refractivity contribution >= 4 is 11.8 Å². The molecule has 2 rings (SSSR count). The number of nitrogens with one attached hydrogen (secondary N) is 1. The molecule has 5 heteroatoms. The average Bonchev–Trinajstić information content (AvgIpc) is 2.67. The zero-order valence-electron chi connectivity index (χ0n) is 15.4. The van der Waals surface area contributed by atoms with E-state index in [9.17, 15) is 9.59 Å². The van der Waals surface area contributed by atoms with Gasteiger partial charge in [-0.2, -0.15) is 0 Å². The number of ether oxygens (including phenoxy) is 1. The zero-order chi connectivity index (χ0) is 18.8. The molecule has 0 aromatic heterocycles.